The second-order valence-corrected chi connectivity index (χ2v) is 7.45. The van der Waals surface area contributed by atoms with Crippen molar-refractivity contribution >= 4 is 17.8 Å². The van der Waals surface area contributed by atoms with Gasteiger partial charge < -0.3 is 4.42 Å². The van der Waals surface area contributed by atoms with Crippen LogP contribution in [-0.4, -0.2) is 17.0 Å². The summed E-state index contributed by atoms with van der Waals surface area (Å²) in [4.78, 5) is 23.6. The Morgan fingerprint density at radius 2 is 1.61 bits per heavy atom. The molecule has 0 aliphatic heterocycles. The van der Waals surface area contributed by atoms with Crippen LogP contribution in [0, 0.1) is 17.0 Å². The number of carbonyl (C=O) groups is 1. The molecule has 0 unspecified atom stereocenters. The molecular formula is C26H21N3O4. The highest BCUT2D eigenvalue weighted by Crippen LogP contribution is 2.29. The zero-order valence-corrected chi connectivity index (χ0v) is 17.8. The predicted octanol–water partition coefficient (Wildman–Crippen LogP) is 5.45. The maximum absolute atomic E-state index is 13.0. The summed E-state index contributed by atoms with van der Waals surface area (Å²) >= 11 is 0. The molecule has 0 saturated carbocycles. The van der Waals surface area contributed by atoms with Gasteiger partial charge in [-0.05, 0) is 35.7 Å². The zero-order valence-electron chi connectivity index (χ0n) is 17.8. The summed E-state index contributed by atoms with van der Waals surface area (Å²) in [5.41, 5.74) is 5.77. The molecule has 4 rings (SSSR count). The van der Waals surface area contributed by atoms with Crippen LogP contribution in [0.1, 0.15) is 28.4 Å². The molecule has 0 radical (unpaired) electrons. The number of rotatable bonds is 7. The van der Waals surface area contributed by atoms with Crippen molar-refractivity contribution in [2.45, 2.75) is 12.8 Å². The van der Waals surface area contributed by atoms with Gasteiger partial charge in [-0.3, -0.25) is 14.9 Å². The number of nitro benzene ring substituents is 1. The highest BCUT2D eigenvalue weighted by molar-refractivity contribution is 5.88. The molecule has 1 heterocycles. The van der Waals surface area contributed by atoms with E-state index in [0.29, 0.717) is 17.1 Å². The number of hydrogen-bond acceptors (Lipinski definition) is 5. The van der Waals surface area contributed by atoms with Crippen molar-refractivity contribution in [1.29, 1.82) is 0 Å². The normalized spacial score (nSPS) is 11.1. The van der Waals surface area contributed by atoms with Gasteiger partial charge in [0.05, 0.1) is 17.1 Å². The zero-order chi connectivity index (χ0) is 23.2. The molecule has 0 spiro atoms. The Morgan fingerprint density at radius 1 is 0.970 bits per heavy atom. The second kappa shape index (κ2) is 9.74. The van der Waals surface area contributed by atoms with E-state index in [4.69, 9.17) is 4.42 Å². The summed E-state index contributed by atoms with van der Waals surface area (Å²) in [7, 11) is 0. The Kier molecular flexibility index (Phi) is 6.40. The molecule has 7 nitrogen and oxygen atoms in total. The molecule has 0 atom stereocenters. The van der Waals surface area contributed by atoms with Crippen molar-refractivity contribution in [3.63, 3.8) is 0 Å². The number of benzene rings is 3. The topological polar surface area (TPSA) is 97.7 Å². The van der Waals surface area contributed by atoms with Gasteiger partial charge in [0.2, 0.25) is 0 Å². The lowest BCUT2D eigenvalue weighted by molar-refractivity contribution is -0.384. The van der Waals surface area contributed by atoms with Gasteiger partial charge in [0.1, 0.15) is 11.5 Å². The van der Waals surface area contributed by atoms with Gasteiger partial charge in [-0.2, -0.15) is 5.10 Å². The predicted molar refractivity (Wildman–Crippen MR) is 126 cm³/mol. The van der Waals surface area contributed by atoms with Gasteiger partial charge in [-0.15, -0.1) is 0 Å². The fourth-order valence-electron chi connectivity index (χ4n) is 3.57. The molecule has 1 aromatic heterocycles. The number of carbonyl (C=O) groups excluding carboxylic acids is 1. The molecule has 0 aliphatic carbocycles. The molecule has 1 N–H and O–H groups in total. The van der Waals surface area contributed by atoms with Crippen LogP contribution in [0.25, 0.3) is 11.3 Å². The summed E-state index contributed by atoms with van der Waals surface area (Å²) in [5.74, 6) is 0.108. The van der Waals surface area contributed by atoms with Crippen molar-refractivity contribution in [3.8, 4) is 11.3 Å². The smallest absolute Gasteiger partial charge is 0.270 e. The molecule has 1 amide bonds. The van der Waals surface area contributed by atoms with Crippen molar-refractivity contribution in [3.05, 3.63) is 124 Å². The number of nitro groups is 1. The van der Waals surface area contributed by atoms with E-state index in [0.717, 1.165) is 16.7 Å². The van der Waals surface area contributed by atoms with Crippen LogP contribution in [-0.2, 0) is 4.79 Å². The SMILES string of the molecule is Cc1ccc([N+](=O)[O-])cc1-c1ccc(/C=N\NC(=O)C(c2ccccc2)c2ccccc2)o1. The highest BCUT2D eigenvalue weighted by Gasteiger charge is 2.22. The lowest BCUT2D eigenvalue weighted by atomic mass is 9.91. The first-order chi connectivity index (χ1) is 16.0. The molecule has 4 aromatic rings. The van der Waals surface area contributed by atoms with Gasteiger partial charge in [0.15, 0.2) is 0 Å². The van der Waals surface area contributed by atoms with Crippen LogP contribution in [0.5, 0.6) is 0 Å². The number of non-ortho nitro benzene ring substituents is 1. The summed E-state index contributed by atoms with van der Waals surface area (Å²) in [6.45, 7) is 1.85. The molecule has 0 saturated heterocycles. The van der Waals surface area contributed by atoms with Gasteiger partial charge in [0, 0.05) is 17.7 Å². The third-order valence-corrected chi connectivity index (χ3v) is 5.22. The first-order valence-electron chi connectivity index (χ1n) is 10.3. The monoisotopic (exact) mass is 439 g/mol. The number of amides is 1. The third-order valence-electron chi connectivity index (χ3n) is 5.22. The Hall–Kier alpha value is -4.52. The maximum atomic E-state index is 13.0. The van der Waals surface area contributed by atoms with Gasteiger partial charge in [-0.25, -0.2) is 5.43 Å². The molecule has 0 bridgehead atoms. The summed E-state index contributed by atoms with van der Waals surface area (Å²) in [5, 5.41) is 15.1. The minimum Gasteiger partial charge on any atom is -0.455 e. The minimum absolute atomic E-state index is 0.0117. The number of nitrogens with one attached hydrogen (secondary N) is 1. The first-order valence-corrected chi connectivity index (χ1v) is 10.3. The molecule has 0 aliphatic rings. The van der Waals surface area contributed by atoms with Crippen LogP contribution < -0.4 is 5.43 Å². The van der Waals surface area contributed by atoms with E-state index in [1.54, 1.807) is 18.2 Å². The quantitative estimate of drug-likeness (QED) is 0.235. The fraction of sp³-hybridized carbons (Fsp3) is 0.0769. The van der Waals surface area contributed by atoms with Crippen LogP contribution in [0.2, 0.25) is 0 Å². The third kappa shape index (κ3) is 5.04. The lowest BCUT2D eigenvalue weighted by Crippen LogP contribution is -2.26. The van der Waals surface area contributed by atoms with E-state index in [-0.39, 0.29) is 11.6 Å². The number of nitrogens with zero attached hydrogens (tertiary/aromatic N) is 2. The molecule has 3 aromatic carbocycles. The first kappa shape index (κ1) is 21.7. The highest BCUT2D eigenvalue weighted by atomic mass is 16.6. The average Bonchev–Trinajstić information content (AvgIpc) is 3.29. The van der Waals surface area contributed by atoms with E-state index < -0.39 is 10.8 Å². The Bertz CT molecular complexity index is 1260. The Labute approximate surface area is 190 Å². The fourth-order valence-corrected chi connectivity index (χ4v) is 3.57. The molecule has 7 heteroatoms. The van der Waals surface area contributed by atoms with E-state index in [1.807, 2.05) is 67.6 Å². The van der Waals surface area contributed by atoms with E-state index in [2.05, 4.69) is 10.5 Å². The van der Waals surface area contributed by atoms with Crippen molar-refractivity contribution in [2.75, 3.05) is 0 Å². The van der Waals surface area contributed by atoms with Crippen LogP contribution >= 0.6 is 0 Å². The Morgan fingerprint density at radius 3 is 2.21 bits per heavy atom. The van der Waals surface area contributed by atoms with E-state index >= 15 is 0 Å². The number of furan rings is 1. The van der Waals surface area contributed by atoms with Crippen molar-refractivity contribution in [2.24, 2.45) is 5.10 Å². The van der Waals surface area contributed by atoms with Gasteiger partial charge in [-0.1, -0.05) is 66.7 Å². The molecule has 164 valence electrons. The summed E-state index contributed by atoms with van der Waals surface area (Å²) < 4.78 is 5.77. The lowest BCUT2D eigenvalue weighted by Gasteiger charge is -2.16. The maximum Gasteiger partial charge on any atom is 0.270 e. The van der Waals surface area contributed by atoms with Crippen molar-refractivity contribution < 1.29 is 14.1 Å². The summed E-state index contributed by atoms with van der Waals surface area (Å²) in [6.07, 6.45) is 1.40. The van der Waals surface area contributed by atoms with Crippen LogP contribution in [0.3, 0.4) is 0 Å². The largest absolute Gasteiger partial charge is 0.455 e. The number of hydrogen-bond donors (Lipinski definition) is 1. The number of aryl methyl sites for hydroxylation is 1. The standard InChI is InChI=1S/C26H21N3O4/c1-18-12-13-21(29(31)32)16-23(18)24-15-14-22(33-24)17-27-28-26(30)25(19-8-4-2-5-9-19)20-10-6-3-7-11-20/h2-17,25H,1H3,(H,28,30)/b27-17-. The second-order valence-electron chi connectivity index (χ2n) is 7.45. The molecule has 33 heavy (non-hydrogen) atoms. The van der Waals surface area contributed by atoms with E-state index in [9.17, 15) is 14.9 Å². The van der Waals surface area contributed by atoms with E-state index in [1.165, 1.54) is 18.3 Å². The van der Waals surface area contributed by atoms with Gasteiger partial charge >= 0.3 is 0 Å². The van der Waals surface area contributed by atoms with Crippen LogP contribution in [0.15, 0.2) is 101 Å². The minimum atomic E-state index is -0.510. The molecular weight excluding hydrogens is 418 g/mol. The average molecular weight is 439 g/mol. The van der Waals surface area contributed by atoms with Gasteiger partial charge in [0.25, 0.3) is 11.6 Å². The van der Waals surface area contributed by atoms with Crippen molar-refractivity contribution in [1.82, 2.24) is 5.43 Å². The molecule has 0 fully saturated rings. The summed E-state index contributed by atoms with van der Waals surface area (Å²) in [6, 6.07) is 27.0. The van der Waals surface area contributed by atoms with Crippen LogP contribution in [0.4, 0.5) is 5.69 Å². The number of hydrazone groups is 1. The Balaban J connectivity index is 1.51.